The first kappa shape index (κ1) is 26.3. The van der Waals surface area contributed by atoms with E-state index in [0.29, 0.717) is 0 Å². The molecule has 0 saturated heterocycles. The van der Waals surface area contributed by atoms with Crippen molar-refractivity contribution in [2.24, 2.45) is 0 Å². The maximum atomic E-state index is 2.54. The summed E-state index contributed by atoms with van der Waals surface area (Å²) in [5.41, 5.74) is 10.7. The topological polar surface area (TPSA) is 6.25 Å². The maximum Gasteiger partial charge on any atom is 0.209 e. The van der Waals surface area contributed by atoms with E-state index >= 15 is 0 Å². The highest BCUT2D eigenvalue weighted by atomic mass is 15.2. The van der Waals surface area contributed by atoms with Crippen LogP contribution in [-0.4, -0.2) is 23.9 Å². The molecule has 40 heavy (non-hydrogen) atoms. The van der Waals surface area contributed by atoms with Gasteiger partial charge in [-0.1, -0.05) is 85.3 Å². The Morgan fingerprint density at radius 3 is 2.40 bits per heavy atom. The molecule has 0 spiro atoms. The molecule has 0 N–H and O–H groups in total. The van der Waals surface area contributed by atoms with Gasteiger partial charge in [-0.2, -0.15) is 4.58 Å². The Morgan fingerprint density at radius 2 is 1.62 bits per heavy atom. The van der Waals surface area contributed by atoms with Gasteiger partial charge in [-0.05, 0) is 74.2 Å². The van der Waals surface area contributed by atoms with E-state index in [4.69, 9.17) is 0 Å². The predicted octanol–water partition coefficient (Wildman–Crippen LogP) is 9.02. The van der Waals surface area contributed by atoms with Gasteiger partial charge in [0.2, 0.25) is 5.69 Å². The molecular weight excluding hydrogens is 484 g/mol. The molecule has 4 aromatic carbocycles. The summed E-state index contributed by atoms with van der Waals surface area (Å²) in [6, 6.07) is 31.3. The number of likely N-dealkylation sites (N-methyl/N-ethyl adjacent to an activating group) is 1. The summed E-state index contributed by atoms with van der Waals surface area (Å²) in [7, 11) is 2.23. The molecule has 1 atom stereocenters. The molecule has 2 aliphatic rings. The average molecular weight is 526 g/mol. The number of allylic oxidation sites excluding steroid dienone is 4. The third kappa shape index (κ3) is 4.13. The molecule has 0 aromatic heterocycles. The van der Waals surface area contributed by atoms with Crippen LogP contribution in [0.4, 0.5) is 11.4 Å². The average Bonchev–Trinajstić information content (AvgIpc) is 3.28. The summed E-state index contributed by atoms with van der Waals surface area (Å²) < 4.78 is 2.54. The summed E-state index contributed by atoms with van der Waals surface area (Å²) in [4.78, 5) is 2.42. The fourth-order valence-electron chi connectivity index (χ4n) is 7.21. The number of hydrogen-bond acceptors (Lipinski definition) is 1. The van der Waals surface area contributed by atoms with Crippen LogP contribution in [0.2, 0.25) is 0 Å². The van der Waals surface area contributed by atoms with Crippen LogP contribution in [0, 0.1) is 6.92 Å². The molecule has 202 valence electrons. The number of aryl methyl sites for hydroxylation is 1. The standard InChI is InChI=1S/C38H41N2/c1-7-24-40-32-22-20-27(2)25-31(32)37(3,4)34(40)18-13-19-35-38(5,26-28-14-9-8-10-15-28)36-30-17-12-11-16-29(30)21-23-33(36)39(35)6/h8-23,25H,7,24,26H2,1-6H3/q+1. The number of fused-ring (bicyclic) bond motifs is 4. The summed E-state index contributed by atoms with van der Waals surface area (Å²) in [6.45, 7) is 12.7. The molecule has 2 heterocycles. The smallest absolute Gasteiger partial charge is 0.209 e. The van der Waals surface area contributed by atoms with Crippen molar-refractivity contribution in [1.29, 1.82) is 0 Å². The van der Waals surface area contributed by atoms with Gasteiger partial charge in [-0.3, -0.25) is 0 Å². The first-order chi connectivity index (χ1) is 19.3. The zero-order valence-electron chi connectivity index (χ0n) is 24.8. The van der Waals surface area contributed by atoms with E-state index in [0.717, 1.165) is 19.4 Å². The normalized spacial score (nSPS) is 20.6. The Morgan fingerprint density at radius 1 is 0.875 bits per heavy atom. The van der Waals surface area contributed by atoms with Gasteiger partial charge in [0.25, 0.3) is 0 Å². The van der Waals surface area contributed by atoms with Crippen LogP contribution in [0.3, 0.4) is 0 Å². The Balaban J connectivity index is 1.48. The highest BCUT2D eigenvalue weighted by Crippen LogP contribution is 2.52. The van der Waals surface area contributed by atoms with Crippen LogP contribution >= 0.6 is 0 Å². The third-order valence-corrected chi connectivity index (χ3v) is 9.15. The van der Waals surface area contributed by atoms with Gasteiger partial charge < -0.3 is 4.90 Å². The zero-order chi connectivity index (χ0) is 28.1. The van der Waals surface area contributed by atoms with Crippen LogP contribution in [0.1, 0.15) is 56.4 Å². The van der Waals surface area contributed by atoms with E-state index in [1.807, 2.05) is 0 Å². The lowest BCUT2D eigenvalue weighted by atomic mass is 9.74. The van der Waals surface area contributed by atoms with Gasteiger partial charge in [0.1, 0.15) is 6.54 Å². The number of benzene rings is 4. The van der Waals surface area contributed by atoms with E-state index in [2.05, 4.69) is 154 Å². The number of rotatable bonds is 6. The van der Waals surface area contributed by atoms with Crippen LogP contribution in [0.25, 0.3) is 10.8 Å². The van der Waals surface area contributed by atoms with Gasteiger partial charge >= 0.3 is 0 Å². The first-order valence-electron chi connectivity index (χ1n) is 14.7. The molecule has 0 aliphatic carbocycles. The second-order valence-corrected chi connectivity index (χ2v) is 12.3. The molecule has 6 rings (SSSR count). The molecule has 1 unspecified atom stereocenters. The second kappa shape index (κ2) is 9.93. The Labute approximate surface area is 240 Å². The van der Waals surface area contributed by atoms with E-state index in [1.165, 1.54) is 55.8 Å². The van der Waals surface area contributed by atoms with Gasteiger partial charge in [0.05, 0.1) is 5.41 Å². The van der Waals surface area contributed by atoms with E-state index in [9.17, 15) is 0 Å². The van der Waals surface area contributed by atoms with Crippen molar-refractivity contribution in [1.82, 2.24) is 0 Å². The van der Waals surface area contributed by atoms with Crippen LogP contribution in [0.15, 0.2) is 109 Å². The maximum absolute atomic E-state index is 2.54. The predicted molar refractivity (Wildman–Crippen MR) is 171 cm³/mol. The molecular formula is C38H41N2+. The van der Waals surface area contributed by atoms with Crippen molar-refractivity contribution in [2.75, 3.05) is 18.5 Å². The summed E-state index contributed by atoms with van der Waals surface area (Å²) in [5, 5.41) is 2.65. The Kier molecular flexibility index (Phi) is 6.53. The summed E-state index contributed by atoms with van der Waals surface area (Å²) >= 11 is 0. The lowest BCUT2D eigenvalue weighted by molar-refractivity contribution is -0.437. The number of hydrogen-bond donors (Lipinski definition) is 0. The molecule has 0 fully saturated rings. The largest absolute Gasteiger partial charge is 0.347 e. The molecule has 2 nitrogen and oxygen atoms in total. The van der Waals surface area contributed by atoms with Crippen molar-refractivity contribution in [2.45, 2.75) is 58.3 Å². The lowest BCUT2D eigenvalue weighted by Gasteiger charge is -2.29. The quantitative estimate of drug-likeness (QED) is 0.228. The van der Waals surface area contributed by atoms with Crippen LogP contribution in [-0.2, 0) is 17.3 Å². The molecule has 2 aliphatic heterocycles. The van der Waals surface area contributed by atoms with Gasteiger partial charge in [0, 0.05) is 48.0 Å². The molecule has 0 bridgehead atoms. The SMILES string of the molecule is CCC[N+]1=C(/C=C/C=C2/N(C)c3ccc4ccccc4c3C2(C)Cc2ccccc2)C(C)(C)c2cc(C)ccc21. The summed E-state index contributed by atoms with van der Waals surface area (Å²) in [6.07, 6.45) is 9.12. The Bertz CT molecular complexity index is 1690. The zero-order valence-corrected chi connectivity index (χ0v) is 24.8. The van der Waals surface area contributed by atoms with Crippen LogP contribution in [0.5, 0.6) is 0 Å². The minimum Gasteiger partial charge on any atom is -0.347 e. The third-order valence-electron chi connectivity index (χ3n) is 9.15. The van der Waals surface area contributed by atoms with E-state index in [1.54, 1.807) is 0 Å². The van der Waals surface area contributed by atoms with E-state index < -0.39 is 0 Å². The summed E-state index contributed by atoms with van der Waals surface area (Å²) in [5.74, 6) is 0. The molecule has 4 aromatic rings. The molecule has 0 amide bonds. The Hall–Kier alpha value is -3.91. The number of anilines is 1. The highest BCUT2D eigenvalue weighted by Gasteiger charge is 2.45. The van der Waals surface area contributed by atoms with Crippen LogP contribution < -0.4 is 4.90 Å². The van der Waals surface area contributed by atoms with Crippen molar-refractivity contribution in [3.05, 3.63) is 131 Å². The molecule has 2 heteroatoms. The van der Waals surface area contributed by atoms with Crippen molar-refractivity contribution in [3.63, 3.8) is 0 Å². The molecule has 0 saturated carbocycles. The second-order valence-electron chi connectivity index (χ2n) is 12.3. The lowest BCUT2D eigenvalue weighted by Crippen LogP contribution is -2.29. The van der Waals surface area contributed by atoms with Crippen molar-refractivity contribution >= 4 is 27.9 Å². The fraction of sp³-hybridized carbons (Fsp3) is 0.289. The monoisotopic (exact) mass is 525 g/mol. The first-order valence-corrected chi connectivity index (χ1v) is 14.7. The fourth-order valence-corrected chi connectivity index (χ4v) is 7.21. The van der Waals surface area contributed by atoms with E-state index in [-0.39, 0.29) is 10.8 Å². The number of nitrogens with zero attached hydrogens (tertiary/aromatic N) is 2. The highest BCUT2D eigenvalue weighted by molar-refractivity contribution is 6.03. The van der Waals surface area contributed by atoms with Gasteiger partial charge in [0.15, 0.2) is 5.71 Å². The minimum absolute atomic E-state index is 0.0420. The molecule has 0 radical (unpaired) electrons. The van der Waals surface area contributed by atoms with Crippen molar-refractivity contribution < 1.29 is 4.58 Å². The minimum atomic E-state index is -0.157. The van der Waals surface area contributed by atoms with Gasteiger partial charge in [-0.25, -0.2) is 0 Å². The van der Waals surface area contributed by atoms with Gasteiger partial charge in [-0.15, -0.1) is 0 Å². The van der Waals surface area contributed by atoms with Crippen molar-refractivity contribution in [3.8, 4) is 0 Å².